The van der Waals surface area contributed by atoms with Crippen molar-refractivity contribution in [2.45, 2.75) is 57.0 Å². The topological polar surface area (TPSA) is 57.5 Å². The van der Waals surface area contributed by atoms with E-state index in [4.69, 9.17) is 0 Å². The predicted octanol–water partition coefficient (Wildman–Crippen LogP) is 4.66. The SMILES string of the molecule is O=C(CC1(O)CCCCCCC1)c1sc2ccccc2c1O. The number of Topliss-reactive ketones (excluding diaryl/α,β-unsaturated/α-hetero) is 1. The number of carbonyl (C=O) groups excluding carboxylic acids is 1. The van der Waals surface area contributed by atoms with Crippen LogP contribution in [0.5, 0.6) is 5.75 Å². The Hall–Kier alpha value is -1.39. The predicted molar refractivity (Wildman–Crippen MR) is 89.7 cm³/mol. The Kier molecular flexibility index (Phi) is 4.50. The molecule has 3 nitrogen and oxygen atoms in total. The number of thiophene rings is 1. The summed E-state index contributed by atoms with van der Waals surface area (Å²) in [7, 11) is 0. The van der Waals surface area contributed by atoms with E-state index in [1.54, 1.807) is 0 Å². The van der Waals surface area contributed by atoms with E-state index in [1.165, 1.54) is 17.8 Å². The van der Waals surface area contributed by atoms with E-state index < -0.39 is 5.60 Å². The molecule has 1 aliphatic rings. The highest BCUT2D eigenvalue weighted by molar-refractivity contribution is 7.21. The van der Waals surface area contributed by atoms with Crippen LogP contribution in [-0.4, -0.2) is 21.6 Å². The van der Waals surface area contributed by atoms with Gasteiger partial charge in [0.15, 0.2) is 5.78 Å². The molecule has 0 bridgehead atoms. The highest BCUT2D eigenvalue weighted by atomic mass is 32.1. The van der Waals surface area contributed by atoms with Crippen molar-refractivity contribution in [3.63, 3.8) is 0 Å². The van der Waals surface area contributed by atoms with Gasteiger partial charge in [0, 0.05) is 16.5 Å². The fourth-order valence-electron chi connectivity index (χ4n) is 3.34. The average Bonchev–Trinajstić information content (AvgIpc) is 2.82. The standard InChI is InChI=1S/C18H22O3S/c19-14(12-18(21)10-6-2-1-3-7-11-18)17-16(20)13-8-4-5-9-15(13)22-17/h4-5,8-9,20-21H,1-3,6-7,10-12H2. The van der Waals surface area contributed by atoms with E-state index in [0.717, 1.165) is 35.8 Å². The first-order chi connectivity index (χ1) is 10.6. The summed E-state index contributed by atoms with van der Waals surface area (Å²) in [5.41, 5.74) is -0.903. The van der Waals surface area contributed by atoms with Crippen molar-refractivity contribution in [3.05, 3.63) is 29.1 Å². The maximum Gasteiger partial charge on any atom is 0.179 e. The molecule has 22 heavy (non-hydrogen) atoms. The number of carbonyl (C=O) groups is 1. The molecule has 0 radical (unpaired) electrons. The van der Waals surface area contributed by atoms with E-state index in [9.17, 15) is 15.0 Å². The third-order valence-corrected chi connectivity index (χ3v) is 5.80. The van der Waals surface area contributed by atoms with Crippen LogP contribution in [0.3, 0.4) is 0 Å². The first-order valence-electron chi connectivity index (χ1n) is 8.05. The van der Waals surface area contributed by atoms with Crippen molar-refractivity contribution in [2.24, 2.45) is 0 Å². The van der Waals surface area contributed by atoms with E-state index in [-0.39, 0.29) is 18.0 Å². The van der Waals surface area contributed by atoms with Crippen LogP contribution >= 0.6 is 11.3 Å². The number of rotatable bonds is 3. The second kappa shape index (κ2) is 6.39. The Bertz CT molecular complexity index is 666. The second-order valence-electron chi connectivity index (χ2n) is 6.37. The Morgan fingerprint density at radius 1 is 1.09 bits per heavy atom. The summed E-state index contributed by atoms with van der Waals surface area (Å²) in [6.07, 6.45) is 6.92. The molecule has 4 heteroatoms. The summed E-state index contributed by atoms with van der Waals surface area (Å²) in [4.78, 5) is 13.0. The Morgan fingerprint density at radius 2 is 1.73 bits per heavy atom. The number of ketones is 1. The number of aromatic hydroxyl groups is 1. The molecule has 1 heterocycles. The van der Waals surface area contributed by atoms with Crippen molar-refractivity contribution < 1.29 is 15.0 Å². The van der Waals surface area contributed by atoms with Gasteiger partial charge in [0.2, 0.25) is 0 Å². The molecule has 0 saturated heterocycles. The molecule has 1 aliphatic carbocycles. The fraction of sp³-hybridized carbons (Fsp3) is 0.500. The van der Waals surface area contributed by atoms with Crippen LogP contribution in [0.1, 0.15) is 61.0 Å². The molecule has 1 saturated carbocycles. The molecule has 118 valence electrons. The first kappa shape index (κ1) is 15.5. The van der Waals surface area contributed by atoms with Gasteiger partial charge in [-0.3, -0.25) is 4.79 Å². The molecule has 0 spiro atoms. The molecule has 1 aromatic carbocycles. The van der Waals surface area contributed by atoms with Gasteiger partial charge in [0.25, 0.3) is 0 Å². The van der Waals surface area contributed by atoms with Gasteiger partial charge in [-0.15, -0.1) is 11.3 Å². The monoisotopic (exact) mass is 318 g/mol. The van der Waals surface area contributed by atoms with Gasteiger partial charge in [0.1, 0.15) is 10.6 Å². The number of aliphatic hydroxyl groups is 1. The van der Waals surface area contributed by atoms with Gasteiger partial charge >= 0.3 is 0 Å². The maximum absolute atomic E-state index is 12.6. The lowest BCUT2D eigenvalue weighted by Crippen LogP contribution is -2.32. The molecule has 2 N–H and O–H groups in total. The zero-order valence-corrected chi connectivity index (χ0v) is 13.5. The normalized spacial score (nSPS) is 18.8. The van der Waals surface area contributed by atoms with Gasteiger partial charge < -0.3 is 10.2 Å². The molecule has 1 fully saturated rings. The molecular weight excluding hydrogens is 296 g/mol. The minimum atomic E-state index is -0.903. The summed E-state index contributed by atoms with van der Waals surface area (Å²) in [5, 5.41) is 21.8. The molecule has 0 aliphatic heterocycles. The van der Waals surface area contributed by atoms with Crippen molar-refractivity contribution in [1.82, 2.24) is 0 Å². The summed E-state index contributed by atoms with van der Waals surface area (Å²) < 4.78 is 0.910. The number of hydrogen-bond donors (Lipinski definition) is 2. The van der Waals surface area contributed by atoms with Gasteiger partial charge in [-0.25, -0.2) is 0 Å². The zero-order chi connectivity index (χ0) is 15.6. The van der Waals surface area contributed by atoms with Crippen LogP contribution in [0, 0.1) is 0 Å². The molecule has 2 aromatic rings. The smallest absolute Gasteiger partial charge is 0.179 e. The number of hydrogen-bond acceptors (Lipinski definition) is 4. The fourth-order valence-corrected chi connectivity index (χ4v) is 4.37. The minimum Gasteiger partial charge on any atom is -0.506 e. The summed E-state index contributed by atoms with van der Waals surface area (Å²) in [5.74, 6) is -0.0678. The lowest BCUT2D eigenvalue weighted by molar-refractivity contribution is 0.00917. The van der Waals surface area contributed by atoms with E-state index in [2.05, 4.69) is 0 Å². The molecule has 1 aromatic heterocycles. The van der Waals surface area contributed by atoms with Gasteiger partial charge in [0.05, 0.1) is 5.60 Å². The van der Waals surface area contributed by atoms with Crippen LogP contribution in [-0.2, 0) is 0 Å². The zero-order valence-electron chi connectivity index (χ0n) is 12.7. The van der Waals surface area contributed by atoms with Crippen LogP contribution in [0.4, 0.5) is 0 Å². The molecule has 0 unspecified atom stereocenters. The molecular formula is C18H22O3S. The van der Waals surface area contributed by atoms with Gasteiger partial charge in [-0.1, -0.05) is 44.2 Å². The lowest BCUT2D eigenvalue weighted by atomic mass is 9.83. The number of fused-ring (bicyclic) bond motifs is 1. The lowest BCUT2D eigenvalue weighted by Gasteiger charge is -2.29. The van der Waals surface area contributed by atoms with Crippen LogP contribution in [0.15, 0.2) is 24.3 Å². The van der Waals surface area contributed by atoms with Gasteiger partial charge in [-0.05, 0) is 25.0 Å². The summed E-state index contributed by atoms with van der Waals surface area (Å²) >= 11 is 1.32. The molecule has 0 atom stereocenters. The Balaban J connectivity index is 1.81. The van der Waals surface area contributed by atoms with Crippen molar-refractivity contribution in [1.29, 1.82) is 0 Å². The third kappa shape index (κ3) is 3.18. The summed E-state index contributed by atoms with van der Waals surface area (Å²) in [6.45, 7) is 0. The Morgan fingerprint density at radius 3 is 2.41 bits per heavy atom. The highest BCUT2D eigenvalue weighted by Gasteiger charge is 2.32. The van der Waals surface area contributed by atoms with Gasteiger partial charge in [-0.2, -0.15) is 0 Å². The van der Waals surface area contributed by atoms with Crippen molar-refractivity contribution >= 4 is 27.2 Å². The van der Waals surface area contributed by atoms with Crippen molar-refractivity contribution in [3.8, 4) is 5.75 Å². The highest BCUT2D eigenvalue weighted by Crippen LogP contribution is 2.39. The third-order valence-electron chi connectivity index (χ3n) is 4.60. The van der Waals surface area contributed by atoms with E-state index in [1.807, 2.05) is 24.3 Å². The van der Waals surface area contributed by atoms with Crippen LogP contribution < -0.4 is 0 Å². The summed E-state index contributed by atoms with van der Waals surface area (Å²) in [6, 6.07) is 7.48. The quantitative estimate of drug-likeness (QED) is 0.810. The van der Waals surface area contributed by atoms with E-state index in [0.29, 0.717) is 17.7 Å². The maximum atomic E-state index is 12.6. The van der Waals surface area contributed by atoms with Crippen LogP contribution in [0.2, 0.25) is 0 Å². The second-order valence-corrected chi connectivity index (χ2v) is 7.42. The average molecular weight is 318 g/mol. The minimum absolute atomic E-state index is 0.0695. The Labute approximate surface area is 134 Å². The van der Waals surface area contributed by atoms with E-state index >= 15 is 0 Å². The largest absolute Gasteiger partial charge is 0.506 e. The number of benzene rings is 1. The molecule has 0 amide bonds. The van der Waals surface area contributed by atoms with Crippen LogP contribution in [0.25, 0.3) is 10.1 Å². The first-order valence-corrected chi connectivity index (χ1v) is 8.87. The van der Waals surface area contributed by atoms with Crippen molar-refractivity contribution in [2.75, 3.05) is 0 Å². The molecule has 3 rings (SSSR count).